The Morgan fingerprint density at radius 3 is 2.70 bits per heavy atom. The monoisotopic (exact) mass is 287 g/mol. The second kappa shape index (κ2) is 3.83. The molecule has 0 saturated heterocycles. The van der Waals surface area contributed by atoms with E-state index in [1.807, 2.05) is 24.3 Å². The minimum absolute atomic E-state index is 0.0296. The molecule has 1 aliphatic heterocycles. The molecule has 2 aromatic rings. The molecule has 0 radical (unpaired) electrons. The van der Waals surface area contributed by atoms with Crippen LogP contribution in [0, 0.1) is 5.82 Å². The summed E-state index contributed by atoms with van der Waals surface area (Å²) in [5.74, 6) is -0.234. The van der Waals surface area contributed by atoms with Crippen molar-refractivity contribution in [2.24, 2.45) is 0 Å². The summed E-state index contributed by atoms with van der Waals surface area (Å²) in [4.78, 5) is 12.3. The number of hydrogen-bond donors (Lipinski definition) is 1. The van der Waals surface area contributed by atoms with E-state index in [1.54, 1.807) is 6.07 Å². The lowest BCUT2D eigenvalue weighted by Crippen LogP contribution is -2.21. The lowest BCUT2D eigenvalue weighted by molar-refractivity contribution is -0.118. The van der Waals surface area contributed by atoms with Crippen LogP contribution in [0.5, 0.6) is 0 Å². The van der Waals surface area contributed by atoms with Crippen LogP contribution in [0.3, 0.4) is 0 Å². The second-order valence-electron chi connectivity index (χ2n) is 5.42. The predicted octanol–water partition coefficient (Wildman–Crippen LogP) is 3.86. The Morgan fingerprint density at radius 1 is 1.20 bits per heavy atom. The average Bonchev–Trinajstić information content (AvgIpc) is 3.12. The van der Waals surface area contributed by atoms with E-state index in [-0.39, 0.29) is 17.6 Å². The molecule has 1 heterocycles. The molecule has 100 valence electrons. The van der Waals surface area contributed by atoms with Gasteiger partial charge in [-0.3, -0.25) is 4.79 Å². The first-order valence-electron chi connectivity index (χ1n) is 6.48. The van der Waals surface area contributed by atoms with E-state index < -0.39 is 5.41 Å². The van der Waals surface area contributed by atoms with Gasteiger partial charge < -0.3 is 5.32 Å². The molecule has 2 atom stereocenters. The highest BCUT2D eigenvalue weighted by Gasteiger charge is 2.65. The van der Waals surface area contributed by atoms with Crippen LogP contribution in [0.15, 0.2) is 42.5 Å². The van der Waals surface area contributed by atoms with Gasteiger partial charge in [-0.25, -0.2) is 4.39 Å². The van der Waals surface area contributed by atoms with E-state index >= 15 is 0 Å². The molecule has 20 heavy (non-hydrogen) atoms. The van der Waals surface area contributed by atoms with Gasteiger partial charge in [-0.05, 0) is 47.9 Å². The number of amides is 1. The standard InChI is InChI=1S/C16H11ClFNO/c17-10-3-1-9(2-4-10)13-8-16(13)12-7-11(18)5-6-14(12)19-15(16)20/h1-7,13H,8H2,(H,19,20). The van der Waals surface area contributed by atoms with Crippen LogP contribution in [0.4, 0.5) is 10.1 Å². The maximum Gasteiger partial charge on any atom is 0.235 e. The van der Waals surface area contributed by atoms with Crippen LogP contribution < -0.4 is 5.32 Å². The molecule has 1 spiro atoms. The summed E-state index contributed by atoms with van der Waals surface area (Å²) in [6, 6.07) is 12.0. The first-order valence-corrected chi connectivity index (χ1v) is 6.86. The van der Waals surface area contributed by atoms with Gasteiger partial charge in [0.2, 0.25) is 5.91 Å². The lowest BCUT2D eigenvalue weighted by Gasteiger charge is -2.09. The molecule has 1 amide bonds. The summed E-state index contributed by atoms with van der Waals surface area (Å²) in [7, 11) is 0. The van der Waals surface area contributed by atoms with Crippen molar-refractivity contribution in [2.45, 2.75) is 17.8 Å². The third-order valence-electron chi connectivity index (χ3n) is 4.35. The quantitative estimate of drug-likeness (QED) is 0.848. The zero-order valence-corrected chi connectivity index (χ0v) is 11.2. The Hall–Kier alpha value is -1.87. The fourth-order valence-electron chi connectivity index (χ4n) is 3.26. The molecule has 1 fully saturated rings. The first kappa shape index (κ1) is 11.9. The Kier molecular flexibility index (Phi) is 2.28. The van der Waals surface area contributed by atoms with Gasteiger partial charge in [0, 0.05) is 16.6 Å². The Labute approximate surface area is 120 Å². The van der Waals surface area contributed by atoms with Crippen LogP contribution in [0.1, 0.15) is 23.5 Å². The minimum atomic E-state index is -0.592. The van der Waals surface area contributed by atoms with Gasteiger partial charge in [-0.15, -0.1) is 0 Å². The maximum absolute atomic E-state index is 13.5. The zero-order valence-electron chi connectivity index (χ0n) is 10.5. The zero-order chi connectivity index (χ0) is 13.9. The molecule has 4 heteroatoms. The molecule has 2 aromatic carbocycles. The fraction of sp³-hybridized carbons (Fsp3) is 0.188. The number of hydrogen-bond acceptors (Lipinski definition) is 1. The maximum atomic E-state index is 13.5. The number of carbonyl (C=O) groups excluding carboxylic acids is 1. The van der Waals surface area contributed by atoms with Gasteiger partial charge >= 0.3 is 0 Å². The van der Waals surface area contributed by atoms with Crippen molar-refractivity contribution in [2.75, 3.05) is 5.32 Å². The Bertz CT molecular complexity index is 728. The summed E-state index contributed by atoms with van der Waals surface area (Å²) in [6.45, 7) is 0. The molecular weight excluding hydrogens is 277 g/mol. The van der Waals surface area contributed by atoms with Crippen LogP contribution in [0.25, 0.3) is 0 Å². The van der Waals surface area contributed by atoms with Gasteiger partial charge in [0.15, 0.2) is 0 Å². The third kappa shape index (κ3) is 1.47. The van der Waals surface area contributed by atoms with Crippen molar-refractivity contribution in [1.29, 1.82) is 0 Å². The topological polar surface area (TPSA) is 29.1 Å². The van der Waals surface area contributed by atoms with Gasteiger partial charge in [0.05, 0.1) is 5.41 Å². The minimum Gasteiger partial charge on any atom is -0.325 e. The first-order chi connectivity index (χ1) is 9.61. The number of anilines is 1. The average molecular weight is 288 g/mol. The normalized spacial score (nSPS) is 26.5. The van der Waals surface area contributed by atoms with Crippen molar-refractivity contribution >= 4 is 23.2 Å². The van der Waals surface area contributed by atoms with Crippen molar-refractivity contribution < 1.29 is 9.18 Å². The number of fused-ring (bicyclic) bond motifs is 2. The van der Waals surface area contributed by atoms with Crippen molar-refractivity contribution in [3.8, 4) is 0 Å². The number of carbonyl (C=O) groups is 1. The number of benzene rings is 2. The summed E-state index contributed by atoms with van der Waals surface area (Å²) in [5, 5.41) is 3.53. The number of halogens is 2. The Balaban J connectivity index is 1.79. The highest BCUT2D eigenvalue weighted by Crippen LogP contribution is 2.64. The highest BCUT2D eigenvalue weighted by atomic mass is 35.5. The number of nitrogens with one attached hydrogen (secondary N) is 1. The van der Waals surface area contributed by atoms with Crippen LogP contribution in [0.2, 0.25) is 5.02 Å². The van der Waals surface area contributed by atoms with E-state index in [4.69, 9.17) is 11.6 Å². The van der Waals surface area contributed by atoms with Gasteiger partial charge in [-0.2, -0.15) is 0 Å². The molecule has 0 bridgehead atoms. The van der Waals surface area contributed by atoms with E-state index in [0.29, 0.717) is 5.02 Å². The molecule has 1 aliphatic carbocycles. The van der Waals surface area contributed by atoms with Crippen LogP contribution in [-0.4, -0.2) is 5.91 Å². The van der Waals surface area contributed by atoms with Crippen LogP contribution in [-0.2, 0) is 10.2 Å². The Morgan fingerprint density at radius 2 is 1.95 bits per heavy atom. The summed E-state index contributed by atoms with van der Waals surface area (Å²) in [6.07, 6.45) is 0.719. The molecule has 0 aromatic heterocycles. The SMILES string of the molecule is O=C1Nc2ccc(F)cc2C12CC2c1ccc(Cl)cc1. The summed E-state index contributed by atoms with van der Waals surface area (Å²) >= 11 is 5.89. The summed E-state index contributed by atoms with van der Waals surface area (Å²) in [5.41, 5.74) is 1.99. The van der Waals surface area contributed by atoms with Crippen molar-refractivity contribution in [1.82, 2.24) is 0 Å². The largest absolute Gasteiger partial charge is 0.325 e. The predicted molar refractivity (Wildman–Crippen MR) is 75.5 cm³/mol. The second-order valence-corrected chi connectivity index (χ2v) is 5.86. The fourth-order valence-corrected chi connectivity index (χ4v) is 3.39. The van der Waals surface area contributed by atoms with E-state index in [2.05, 4.69) is 5.32 Å². The van der Waals surface area contributed by atoms with E-state index in [1.165, 1.54) is 12.1 Å². The highest BCUT2D eigenvalue weighted by molar-refractivity contribution is 6.30. The van der Waals surface area contributed by atoms with E-state index in [9.17, 15) is 9.18 Å². The molecule has 2 nitrogen and oxygen atoms in total. The molecule has 2 unspecified atom stereocenters. The molecule has 2 aliphatic rings. The lowest BCUT2D eigenvalue weighted by atomic mass is 9.92. The van der Waals surface area contributed by atoms with Crippen molar-refractivity contribution in [3.63, 3.8) is 0 Å². The molecule has 1 saturated carbocycles. The number of rotatable bonds is 1. The summed E-state index contributed by atoms with van der Waals surface area (Å²) < 4.78 is 13.5. The smallest absolute Gasteiger partial charge is 0.235 e. The van der Waals surface area contributed by atoms with Gasteiger partial charge in [0.1, 0.15) is 5.82 Å². The van der Waals surface area contributed by atoms with E-state index in [0.717, 1.165) is 23.2 Å². The van der Waals surface area contributed by atoms with Gasteiger partial charge in [-0.1, -0.05) is 23.7 Å². The molecule has 4 rings (SSSR count). The van der Waals surface area contributed by atoms with Crippen LogP contribution >= 0.6 is 11.6 Å². The molecule has 1 N–H and O–H groups in total. The third-order valence-corrected chi connectivity index (χ3v) is 4.60. The molecular formula is C16H11ClFNO. The van der Waals surface area contributed by atoms with Crippen molar-refractivity contribution in [3.05, 3.63) is 64.4 Å². The van der Waals surface area contributed by atoms with Gasteiger partial charge in [0.25, 0.3) is 0 Å².